The van der Waals surface area contributed by atoms with Crippen molar-refractivity contribution in [1.82, 2.24) is 0 Å². The number of benzene rings is 1. The highest BCUT2D eigenvalue weighted by atomic mass is 16.4. The molecule has 1 N–H and O–H groups in total. The lowest BCUT2D eigenvalue weighted by Gasteiger charge is -2.12. The first-order valence-corrected chi connectivity index (χ1v) is 3.72. The van der Waals surface area contributed by atoms with E-state index in [9.17, 15) is 19.8 Å². The average molecular weight is 194 g/mol. The predicted octanol–water partition coefficient (Wildman–Crippen LogP) is -2.09. The Hall–Kier alpha value is -1.88. The van der Waals surface area contributed by atoms with Gasteiger partial charge in [0, 0.05) is 11.1 Å². The zero-order chi connectivity index (χ0) is 10.7. The summed E-state index contributed by atoms with van der Waals surface area (Å²) >= 11 is 0. The molecule has 0 aliphatic carbocycles. The van der Waals surface area contributed by atoms with Crippen molar-refractivity contribution < 1.29 is 24.9 Å². The summed E-state index contributed by atoms with van der Waals surface area (Å²) in [5.74, 6) is -3.20. The molecule has 0 bridgehead atoms. The van der Waals surface area contributed by atoms with E-state index in [2.05, 4.69) is 0 Å². The lowest BCUT2D eigenvalue weighted by Crippen LogP contribution is -2.30. The van der Waals surface area contributed by atoms with Gasteiger partial charge >= 0.3 is 0 Å². The molecule has 0 fully saturated rings. The van der Waals surface area contributed by atoms with Crippen LogP contribution < -0.4 is 10.2 Å². The molecule has 0 spiro atoms. The smallest absolute Gasteiger partial charge is 0.0722 e. The number of carboxylic acids is 2. The van der Waals surface area contributed by atoms with Crippen molar-refractivity contribution in [3.05, 3.63) is 34.9 Å². The molecular weight excluding hydrogens is 188 g/mol. The largest absolute Gasteiger partial charge is 0.545 e. The number of aliphatic hydroxyl groups excluding tert-OH is 1. The molecule has 5 heteroatoms. The number of hydrogen-bond donors (Lipinski definition) is 1. The van der Waals surface area contributed by atoms with Crippen LogP contribution in [0.4, 0.5) is 0 Å². The van der Waals surface area contributed by atoms with E-state index in [1.807, 2.05) is 0 Å². The molecule has 1 aromatic rings. The van der Waals surface area contributed by atoms with Gasteiger partial charge in [0.1, 0.15) is 0 Å². The molecule has 14 heavy (non-hydrogen) atoms. The summed E-state index contributed by atoms with van der Waals surface area (Å²) in [5.41, 5.74) is -0.645. The van der Waals surface area contributed by atoms with E-state index in [1.165, 1.54) is 6.07 Å². The molecular formula is C9H6O5-2. The number of aliphatic hydroxyl groups is 1. The van der Waals surface area contributed by atoms with E-state index < -0.39 is 23.1 Å². The lowest BCUT2D eigenvalue weighted by molar-refractivity contribution is -0.259. The third-order valence-corrected chi connectivity index (χ3v) is 1.71. The van der Waals surface area contributed by atoms with Crippen LogP contribution in [-0.2, 0) is 6.61 Å². The van der Waals surface area contributed by atoms with E-state index >= 15 is 0 Å². The van der Waals surface area contributed by atoms with Gasteiger partial charge in [-0.25, -0.2) is 0 Å². The third kappa shape index (κ3) is 1.89. The molecule has 0 aliphatic rings. The van der Waals surface area contributed by atoms with Gasteiger partial charge in [0.15, 0.2) is 0 Å². The molecule has 0 saturated carbocycles. The van der Waals surface area contributed by atoms with Crippen LogP contribution in [0, 0.1) is 0 Å². The van der Waals surface area contributed by atoms with Crippen LogP contribution in [0.15, 0.2) is 18.2 Å². The fraction of sp³-hybridized carbons (Fsp3) is 0.111. The first-order valence-electron chi connectivity index (χ1n) is 3.72. The van der Waals surface area contributed by atoms with Crippen LogP contribution >= 0.6 is 0 Å². The summed E-state index contributed by atoms with van der Waals surface area (Å²) in [7, 11) is 0. The van der Waals surface area contributed by atoms with Crippen molar-refractivity contribution in [2.24, 2.45) is 0 Å². The Balaban J connectivity index is 3.31. The highest BCUT2D eigenvalue weighted by Crippen LogP contribution is 2.10. The van der Waals surface area contributed by atoms with Gasteiger partial charge in [-0.15, -0.1) is 0 Å². The SMILES string of the molecule is O=C([O-])c1ccc(CO)cc1C(=O)[O-]. The fourth-order valence-corrected chi connectivity index (χ4v) is 1.04. The first-order chi connectivity index (χ1) is 6.56. The minimum atomic E-state index is -1.61. The summed E-state index contributed by atoms with van der Waals surface area (Å²) in [5, 5.41) is 29.7. The lowest BCUT2D eigenvalue weighted by atomic mass is 10.0. The molecule has 0 amide bonds. The van der Waals surface area contributed by atoms with Gasteiger partial charge in [-0.05, 0) is 11.6 Å². The van der Waals surface area contributed by atoms with E-state index in [1.54, 1.807) is 0 Å². The normalized spacial score (nSPS) is 9.79. The Labute approximate surface area is 79.2 Å². The third-order valence-electron chi connectivity index (χ3n) is 1.71. The Morgan fingerprint density at radius 2 is 1.71 bits per heavy atom. The summed E-state index contributed by atoms with van der Waals surface area (Å²) in [6.45, 7) is -0.367. The minimum Gasteiger partial charge on any atom is -0.545 e. The number of carbonyl (C=O) groups excluding carboxylic acids is 2. The van der Waals surface area contributed by atoms with Crippen LogP contribution in [0.5, 0.6) is 0 Å². The fourth-order valence-electron chi connectivity index (χ4n) is 1.04. The Kier molecular flexibility index (Phi) is 2.83. The van der Waals surface area contributed by atoms with Crippen LogP contribution in [0.3, 0.4) is 0 Å². The standard InChI is InChI=1S/C9H8O5/c10-4-5-1-2-6(8(11)12)7(3-5)9(13)14/h1-3,10H,4H2,(H,11,12)(H,13,14)/p-2. The predicted molar refractivity (Wildman–Crippen MR) is 41.0 cm³/mol. The van der Waals surface area contributed by atoms with Gasteiger partial charge < -0.3 is 24.9 Å². The van der Waals surface area contributed by atoms with Crippen LogP contribution in [0.1, 0.15) is 26.3 Å². The molecule has 0 atom stereocenters. The summed E-state index contributed by atoms with van der Waals surface area (Å²) < 4.78 is 0. The average Bonchev–Trinajstić information content (AvgIpc) is 2.16. The number of carbonyl (C=O) groups is 2. The van der Waals surface area contributed by atoms with Gasteiger partial charge in [-0.2, -0.15) is 0 Å². The van der Waals surface area contributed by atoms with Gasteiger partial charge in [-0.1, -0.05) is 12.1 Å². The van der Waals surface area contributed by atoms with Gasteiger partial charge in [-0.3, -0.25) is 0 Å². The van der Waals surface area contributed by atoms with Crippen molar-refractivity contribution in [2.45, 2.75) is 6.61 Å². The molecule has 1 aromatic carbocycles. The molecule has 5 nitrogen and oxygen atoms in total. The van der Waals surface area contributed by atoms with Crippen molar-refractivity contribution in [3.63, 3.8) is 0 Å². The minimum absolute atomic E-state index is 0.300. The summed E-state index contributed by atoms with van der Waals surface area (Å²) in [4.78, 5) is 21.0. The Bertz CT molecular complexity index is 383. The second-order valence-electron chi connectivity index (χ2n) is 2.61. The van der Waals surface area contributed by atoms with Crippen LogP contribution in [0.2, 0.25) is 0 Å². The Morgan fingerprint density at radius 3 is 2.14 bits per heavy atom. The zero-order valence-electron chi connectivity index (χ0n) is 7.02. The second kappa shape index (κ2) is 3.89. The molecule has 0 heterocycles. The maximum Gasteiger partial charge on any atom is 0.0722 e. The number of hydrogen-bond acceptors (Lipinski definition) is 5. The van der Waals surface area contributed by atoms with Crippen LogP contribution in [-0.4, -0.2) is 17.0 Å². The number of rotatable bonds is 3. The molecule has 1 rings (SSSR count). The maximum atomic E-state index is 10.5. The molecule has 0 aliphatic heterocycles. The van der Waals surface area contributed by atoms with Gasteiger partial charge in [0.2, 0.25) is 0 Å². The summed E-state index contributed by atoms with van der Waals surface area (Å²) in [6, 6.07) is 3.41. The van der Waals surface area contributed by atoms with E-state index in [-0.39, 0.29) is 6.61 Å². The van der Waals surface area contributed by atoms with Crippen molar-refractivity contribution >= 4 is 11.9 Å². The highest BCUT2D eigenvalue weighted by molar-refractivity contribution is 6.00. The van der Waals surface area contributed by atoms with Gasteiger partial charge in [0.25, 0.3) is 0 Å². The molecule has 74 valence electrons. The molecule has 0 saturated heterocycles. The first kappa shape index (κ1) is 10.2. The number of carboxylic acid groups (broad SMARTS) is 2. The summed E-state index contributed by atoms with van der Waals surface area (Å²) in [6.07, 6.45) is 0. The van der Waals surface area contributed by atoms with Crippen molar-refractivity contribution in [3.8, 4) is 0 Å². The molecule has 0 unspecified atom stereocenters. The topological polar surface area (TPSA) is 100 Å². The highest BCUT2D eigenvalue weighted by Gasteiger charge is 2.05. The monoisotopic (exact) mass is 194 g/mol. The quantitative estimate of drug-likeness (QED) is 0.594. The number of aromatic carboxylic acids is 2. The van der Waals surface area contributed by atoms with Gasteiger partial charge in [0.05, 0.1) is 18.5 Å². The molecule has 0 radical (unpaired) electrons. The van der Waals surface area contributed by atoms with Crippen molar-refractivity contribution in [1.29, 1.82) is 0 Å². The van der Waals surface area contributed by atoms with E-state index in [0.29, 0.717) is 5.56 Å². The Morgan fingerprint density at radius 1 is 1.14 bits per heavy atom. The van der Waals surface area contributed by atoms with E-state index in [0.717, 1.165) is 12.1 Å². The zero-order valence-corrected chi connectivity index (χ0v) is 7.02. The van der Waals surface area contributed by atoms with Crippen LogP contribution in [0.25, 0.3) is 0 Å². The van der Waals surface area contributed by atoms with E-state index in [4.69, 9.17) is 5.11 Å². The van der Waals surface area contributed by atoms with Crippen molar-refractivity contribution in [2.75, 3.05) is 0 Å². The maximum absolute atomic E-state index is 10.5. The second-order valence-corrected chi connectivity index (χ2v) is 2.61. The molecule has 0 aromatic heterocycles.